The number of benzene rings is 3. The second kappa shape index (κ2) is 13.9. The number of aromatic nitrogens is 1. The van der Waals surface area contributed by atoms with Crippen molar-refractivity contribution >= 4 is 52.1 Å². The zero-order valence-electron chi connectivity index (χ0n) is 24.4. The van der Waals surface area contributed by atoms with Gasteiger partial charge in [-0.05, 0) is 62.9 Å². The summed E-state index contributed by atoms with van der Waals surface area (Å²) in [4.78, 5) is 26.1. The number of aryl methyl sites for hydroxylation is 1. The van der Waals surface area contributed by atoms with Gasteiger partial charge < -0.3 is 14.6 Å². The number of fused-ring (bicyclic) bond motifs is 1. The van der Waals surface area contributed by atoms with E-state index in [1.807, 2.05) is 32.0 Å². The maximum Gasteiger partial charge on any atom is 0.262 e. The number of hydrogen-bond acceptors (Lipinski definition) is 4. The van der Waals surface area contributed by atoms with E-state index in [1.54, 1.807) is 25.3 Å². The summed E-state index contributed by atoms with van der Waals surface area (Å²) in [5.74, 6) is -0.379. The molecule has 0 radical (unpaired) electrons. The zero-order chi connectivity index (χ0) is 30.4. The average Bonchev–Trinajstić information content (AvgIpc) is 3.20. The van der Waals surface area contributed by atoms with Crippen LogP contribution >= 0.6 is 23.2 Å². The smallest absolute Gasteiger partial charge is 0.262 e. The fourth-order valence-corrected chi connectivity index (χ4v) is 5.32. The van der Waals surface area contributed by atoms with E-state index >= 15 is 0 Å². The summed E-state index contributed by atoms with van der Waals surface area (Å²) in [5.41, 5.74) is 8.10. The Hall–Kier alpha value is -3.81. The molecule has 4 rings (SSSR count). The van der Waals surface area contributed by atoms with Crippen LogP contribution in [0.2, 0.25) is 10.0 Å². The molecule has 3 aromatic carbocycles. The Labute approximate surface area is 256 Å². The van der Waals surface area contributed by atoms with E-state index in [1.165, 1.54) is 17.2 Å². The van der Waals surface area contributed by atoms with Crippen LogP contribution in [0.25, 0.3) is 10.9 Å². The van der Waals surface area contributed by atoms with E-state index in [2.05, 4.69) is 64.6 Å². The van der Waals surface area contributed by atoms with Crippen LogP contribution in [-0.4, -0.2) is 34.7 Å². The Morgan fingerprint density at radius 3 is 2.45 bits per heavy atom. The summed E-state index contributed by atoms with van der Waals surface area (Å²) in [6.45, 7) is 10.4. The van der Waals surface area contributed by atoms with Crippen molar-refractivity contribution in [1.29, 1.82) is 0 Å². The highest BCUT2D eigenvalue weighted by Gasteiger charge is 2.25. The number of hydrogen-bond donors (Lipinski definition) is 2. The highest BCUT2D eigenvalue weighted by atomic mass is 35.5. The van der Waals surface area contributed by atoms with Crippen LogP contribution in [-0.2, 0) is 16.1 Å². The van der Waals surface area contributed by atoms with Crippen molar-refractivity contribution in [1.82, 2.24) is 15.3 Å². The molecule has 0 aliphatic rings. The average molecular weight is 608 g/mol. The van der Waals surface area contributed by atoms with E-state index in [9.17, 15) is 9.59 Å². The quantitative estimate of drug-likeness (QED) is 0.141. The van der Waals surface area contributed by atoms with E-state index in [-0.39, 0.29) is 5.92 Å². The SMILES string of the molecule is Cc1cccc(Cn2c(C)c(/C=N\NC(=O)[C@H](CC(C)C)NC(=O)[C@H](C)Oc3ccc(Cl)cc3Cl)c3ccccc32)c1. The van der Waals surface area contributed by atoms with E-state index in [4.69, 9.17) is 27.9 Å². The maximum absolute atomic E-state index is 13.2. The van der Waals surface area contributed by atoms with Gasteiger partial charge in [-0.25, -0.2) is 5.43 Å². The van der Waals surface area contributed by atoms with Gasteiger partial charge in [0.2, 0.25) is 0 Å². The molecule has 0 fully saturated rings. The number of amides is 2. The summed E-state index contributed by atoms with van der Waals surface area (Å²) >= 11 is 12.1. The minimum Gasteiger partial charge on any atom is -0.479 e. The molecule has 42 heavy (non-hydrogen) atoms. The lowest BCUT2D eigenvalue weighted by Crippen LogP contribution is -2.49. The third kappa shape index (κ3) is 7.72. The second-order valence-electron chi connectivity index (χ2n) is 10.9. The molecule has 9 heteroatoms. The summed E-state index contributed by atoms with van der Waals surface area (Å²) in [6, 6.07) is 20.6. The first-order valence-electron chi connectivity index (χ1n) is 13.9. The predicted molar refractivity (Wildman–Crippen MR) is 171 cm³/mol. The minimum atomic E-state index is -0.892. The summed E-state index contributed by atoms with van der Waals surface area (Å²) in [5, 5.41) is 8.90. The van der Waals surface area contributed by atoms with Crippen LogP contribution in [0.15, 0.2) is 71.8 Å². The van der Waals surface area contributed by atoms with Gasteiger partial charge in [-0.3, -0.25) is 9.59 Å². The number of nitrogens with one attached hydrogen (secondary N) is 2. The lowest BCUT2D eigenvalue weighted by molar-refractivity contribution is -0.132. The fourth-order valence-electron chi connectivity index (χ4n) is 4.86. The molecule has 0 spiro atoms. The Bertz CT molecular complexity index is 1610. The molecule has 0 aliphatic carbocycles. The van der Waals surface area contributed by atoms with Crippen molar-refractivity contribution in [3.63, 3.8) is 0 Å². The molecule has 0 aliphatic heterocycles. The number of nitrogens with zero attached hydrogens (tertiary/aromatic N) is 2. The molecular formula is C33H36Cl2N4O3. The van der Waals surface area contributed by atoms with E-state index in [0.717, 1.165) is 28.7 Å². The first kappa shape index (κ1) is 31.1. The van der Waals surface area contributed by atoms with Crippen molar-refractivity contribution in [2.75, 3.05) is 0 Å². The van der Waals surface area contributed by atoms with Crippen LogP contribution < -0.4 is 15.5 Å². The summed E-state index contributed by atoms with van der Waals surface area (Å²) < 4.78 is 7.98. The van der Waals surface area contributed by atoms with Crippen molar-refractivity contribution < 1.29 is 14.3 Å². The largest absolute Gasteiger partial charge is 0.479 e. The van der Waals surface area contributed by atoms with Crippen LogP contribution in [0.3, 0.4) is 0 Å². The molecule has 0 saturated heterocycles. The number of carbonyl (C=O) groups is 2. The molecule has 0 bridgehead atoms. The first-order chi connectivity index (χ1) is 20.0. The monoisotopic (exact) mass is 606 g/mol. The molecule has 0 saturated carbocycles. The van der Waals surface area contributed by atoms with Crippen molar-refractivity contribution in [3.05, 3.63) is 99.2 Å². The second-order valence-corrected chi connectivity index (χ2v) is 11.7. The molecule has 4 aromatic rings. The number of para-hydroxylation sites is 1. The van der Waals surface area contributed by atoms with Crippen LogP contribution in [0.1, 0.15) is 49.6 Å². The number of rotatable bonds is 11. The molecule has 220 valence electrons. The van der Waals surface area contributed by atoms with Crippen LogP contribution in [0.4, 0.5) is 0 Å². The number of ether oxygens (including phenoxy) is 1. The molecule has 7 nitrogen and oxygen atoms in total. The Morgan fingerprint density at radius 1 is 0.976 bits per heavy atom. The van der Waals surface area contributed by atoms with Gasteiger partial charge in [-0.1, -0.05) is 85.1 Å². The number of hydrazone groups is 1. The van der Waals surface area contributed by atoms with Gasteiger partial charge in [0.25, 0.3) is 11.8 Å². The minimum absolute atomic E-state index is 0.147. The van der Waals surface area contributed by atoms with Crippen molar-refractivity contribution in [2.24, 2.45) is 11.0 Å². The first-order valence-corrected chi connectivity index (χ1v) is 14.7. The Morgan fingerprint density at radius 2 is 1.74 bits per heavy atom. The zero-order valence-corrected chi connectivity index (χ0v) is 26.0. The third-order valence-corrected chi connectivity index (χ3v) is 7.51. The normalized spacial score (nSPS) is 13.0. The van der Waals surface area contributed by atoms with Crippen LogP contribution in [0.5, 0.6) is 5.75 Å². The molecular weight excluding hydrogens is 571 g/mol. The standard InChI is InChI=1S/C33H36Cl2N4O3/c1-20(2)15-29(37-32(40)23(5)42-31-14-13-25(34)17-28(31)35)33(41)38-36-18-27-22(4)39(30-12-7-6-11-26(27)30)19-24-10-8-9-21(3)16-24/h6-14,16-18,20,23,29H,15,19H2,1-5H3,(H,37,40)(H,38,41)/b36-18-/t23-,29-/m0/s1. The predicted octanol–water partition coefficient (Wildman–Crippen LogP) is 7.06. The molecule has 1 heterocycles. The maximum atomic E-state index is 13.2. The van der Waals surface area contributed by atoms with E-state index in [0.29, 0.717) is 22.2 Å². The van der Waals surface area contributed by atoms with E-state index < -0.39 is 24.0 Å². The van der Waals surface area contributed by atoms with Crippen molar-refractivity contribution in [2.45, 2.75) is 59.7 Å². The fraction of sp³-hybridized carbons (Fsp3) is 0.303. The Balaban J connectivity index is 1.48. The van der Waals surface area contributed by atoms with Gasteiger partial charge in [0.15, 0.2) is 6.10 Å². The van der Waals surface area contributed by atoms with Gasteiger partial charge in [-0.15, -0.1) is 0 Å². The van der Waals surface area contributed by atoms with Crippen molar-refractivity contribution in [3.8, 4) is 5.75 Å². The van der Waals surface area contributed by atoms with Gasteiger partial charge >= 0.3 is 0 Å². The van der Waals surface area contributed by atoms with Crippen LogP contribution in [0, 0.1) is 19.8 Å². The summed E-state index contributed by atoms with van der Waals surface area (Å²) in [7, 11) is 0. The number of halogens is 2. The topological polar surface area (TPSA) is 84.7 Å². The van der Waals surface area contributed by atoms with Gasteiger partial charge in [0.05, 0.1) is 11.2 Å². The van der Waals surface area contributed by atoms with Gasteiger partial charge in [0.1, 0.15) is 11.8 Å². The highest BCUT2D eigenvalue weighted by molar-refractivity contribution is 6.35. The highest BCUT2D eigenvalue weighted by Crippen LogP contribution is 2.28. The van der Waals surface area contributed by atoms with Gasteiger partial charge in [0, 0.05) is 33.7 Å². The lowest BCUT2D eigenvalue weighted by atomic mass is 10.0. The molecule has 2 amide bonds. The van der Waals surface area contributed by atoms with Gasteiger partial charge in [-0.2, -0.15) is 5.10 Å². The molecule has 2 N–H and O–H groups in total. The molecule has 1 aromatic heterocycles. The lowest BCUT2D eigenvalue weighted by Gasteiger charge is -2.22. The molecule has 0 unspecified atom stereocenters. The number of carbonyl (C=O) groups excluding carboxylic acids is 2. The third-order valence-electron chi connectivity index (χ3n) is 6.98. The Kier molecular flexibility index (Phi) is 10.3. The summed E-state index contributed by atoms with van der Waals surface area (Å²) in [6.07, 6.45) is 1.21. The molecule has 2 atom stereocenters.